The molecule has 3 saturated heterocycles. The highest BCUT2D eigenvalue weighted by atomic mass is 16.8. The zero-order valence-electron chi connectivity index (χ0n) is 28.2. The predicted molar refractivity (Wildman–Crippen MR) is 162 cm³/mol. The van der Waals surface area contributed by atoms with Crippen LogP contribution in [0.25, 0.3) is 0 Å². The molecule has 3 spiro atoms. The molecule has 0 amide bonds. The summed E-state index contributed by atoms with van der Waals surface area (Å²) >= 11 is 0. The predicted octanol–water partition coefficient (Wildman–Crippen LogP) is 4.40. The molecule has 250 valence electrons. The number of ether oxygens (including phenoxy) is 4. The number of aliphatic hydroxyl groups is 4. The van der Waals surface area contributed by atoms with E-state index >= 15 is 0 Å². The number of fused-ring (bicyclic) bond motifs is 4. The quantitative estimate of drug-likeness (QED) is 0.337. The van der Waals surface area contributed by atoms with Crippen molar-refractivity contribution in [1.82, 2.24) is 0 Å². The molecule has 4 N–H and O–H groups in total. The van der Waals surface area contributed by atoms with Crippen molar-refractivity contribution in [3.05, 3.63) is 0 Å². The molecule has 3 aliphatic heterocycles. The molecule has 17 atom stereocenters. The molecule has 0 radical (unpaired) electrons. The molecule has 44 heavy (non-hydrogen) atoms. The Morgan fingerprint density at radius 2 is 1.50 bits per heavy atom. The van der Waals surface area contributed by atoms with Crippen molar-refractivity contribution in [1.29, 1.82) is 0 Å². The van der Waals surface area contributed by atoms with E-state index in [-0.39, 0.29) is 63.3 Å². The van der Waals surface area contributed by atoms with Gasteiger partial charge in [0, 0.05) is 11.3 Å². The molecule has 3 heterocycles. The Morgan fingerprint density at radius 3 is 2.20 bits per heavy atom. The second-order valence-electron chi connectivity index (χ2n) is 19.0. The summed E-state index contributed by atoms with van der Waals surface area (Å²) in [5.74, 6) is 0.586. The van der Waals surface area contributed by atoms with Crippen LogP contribution in [0.3, 0.4) is 0 Å². The van der Waals surface area contributed by atoms with Gasteiger partial charge >= 0.3 is 0 Å². The third-order valence-corrected chi connectivity index (χ3v) is 16.0. The third kappa shape index (κ3) is 3.39. The molecule has 5 saturated carbocycles. The molecule has 5 aliphatic carbocycles. The molecule has 2 bridgehead atoms. The summed E-state index contributed by atoms with van der Waals surface area (Å²) in [6.07, 6.45) is 3.35. The zero-order valence-corrected chi connectivity index (χ0v) is 28.2. The Morgan fingerprint density at radius 1 is 0.818 bits per heavy atom. The van der Waals surface area contributed by atoms with Gasteiger partial charge in [-0.25, -0.2) is 0 Å². The smallest absolute Gasteiger partial charge is 0.199 e. The lowest BCUT2D eigenvalue weighted by Crippen LogP contribution is -2.61. The molecule has 8 fully saturated rings. The van der Waals surface area contributed by atoms with Crippen LogP contribution in [0.2, 0.25) is 0 Å². The van der Waals surface area contributed by atoms with Crippen LogP contribution in [0.4, 0.5) is 0 Å². The molecular formula is C36H58O8. The monoisotopic (exact) mass is 618 g/mol. The van der Waals surface area contributed by atoms with Gasteiger partial charge in [-0.1, -0.05) is 55.4 Å². The van der Waals surface area contributed by atoms with Crippen LogP contribution in [0.15, 0.2) is 0 Å². The Kier molecular flexibility index (Phi) is 6.35. The van der Waals surface area contributed by atoms with E-state index in [0.29, 0.717) is 17.8 Å². The molecule has 8 aliphatic rings. The van der Waals surface area contributed by atoms with E-state index < -0.39 is 36.5 Å². The van der Waals surface area contributed by atoms with E-state index in [4.69, 9.17) is 18.9 Å². The van der Waals surface area contributed by atoms with Crippen molar-refractivity contribution in [3.8, 4) is 0 Å². The summed E-state index contributed by atoms with van der Waals surface area (Å²) in [6.45, 7) is 18.6. The Balaban J connectivity index is 1.10. The summed E-state index contributed by atoms with van der Waals surface area (Å²) < 4.78 is 26.2. The maximum atomic E-state index is 12.7. The van der Waals surface area contributed by atoms with Crippen LogP contribution in [0.5, 0.6) is 0 Å². The zero-order chi connectivity index (χ0) is 31.6. The number of aliphatic hydroxyl groups excluding tert-OH is 4. The van der Waals surface area contributed by atoms with Crippen LogP contribution in [0.1, 0.15) is 107 Å². The summed E-state index contributed by atoms with van der Waals surface area (Å²) in [6, 6.07) is 0. The van der Waals surface area contributed by atoms with Crippen LogP contribution < -0.4 is 0 Å². The molecule has 0 aromatic heterocycles. The second kappa shape index (κ2) is 9.02. The van der Waals surface area contributed by atoms with Gasteiger partial charge in [0.05, 0.1) is 24.9 Å². The summed E-state index contributed by atoms with van der Waals surface area (Å²) in [5, 5.41) is 43.6. The average Bonchev–Trinajstić information content (AvgIpc) is 3.45. The normalized spacial score (nSPS) is 62.2. The highest BCUT2D eigenvalue weighted by molar-refractivity contribution is 5.34. The first-order valence-electron chi connectivity index (χ1n) is 17.8. The molecule has 0 aromatic carbocycles. The molecule has 8 nitrogen and oxygen atoms in total. The first-order valence-corrected chi connectivity index (χ1v) is 17.8. The Bertz CT molecular complexity index is 1200. The standard InChI is InChI=1S/C36H58O8/c1-18-15-20-27(30(2,3)4)44-36(43-20)26(18)32(7)13-14-35-17-34(35)12-11-23(42-28-25(39)24(38)19(37)16-41-28)31(5,6)21(34)9-10-22(35)33(32,8)29(36)40/h18-29,37-40H,9-17H2,1-8H3/t18-,19+,20+,21+,22+,23+,24+,25-,26-,27+,28+,29-,32-,33-,34-,35+,36?/m1/s1. The number of rotatable bonds is 2. The fraction of sp³-hybridized carbons (Fsp3) is 1.00. The molecule has 0 aromatic rings. The van der Waals surface area contributed by atoms with Gasteiger partial charge in [-0.15, -0.1) is 0 Å². The fourth-order valence-corrected chi connectivity index (χ4v) is 14.1. The first kappa shape index (κ1) is 31.0. The highest BCUT2D eigenvalue weighted by Crippen LogP contribution is 2.90. The van der Waals surface area contributed by atoms with Crippen molar-refractivity contribution in [2.75, 3.05) is 6.61 Å². The van der Waals surface area contributed by atoms with E-state index in [2.05, 4.69) is 55.4 Å². The van der Waals surface area contributed by atoms with Gasteiger partial charge in [0.2, 0.25) is 0 Å². The van der Waals surface area contributed by atoms with Gasteiger partial charge in [-0.05, 0) is 96.2 Å². The highest BCUT2D eigenvalue weighted by Gasteiger charge is 2.88. The Hall–Kier alpha value is -0.320. The second-order valence-corrected chi connectivity index (χ2v) is 19.0. The van der Waals surface area contributed by atoms with Crippen molar-refractivity contribution in [2.45, 2.75) is 162 Å². The lowest BCUT2D eigenvalue weighted by Gasteiger charge is -2.63. The van der Waals surface area contributed by atoms with Crippen molar-refractivity contribution < 1.29 is 39.4 Å². The average molecular weight is 619 g/mol. The van der Waals surface area contributed by atoms with Gasteiger partial charge in [0.15, 0.2) is 12.1 Å². The van der Waals surface area contributed by atoms with Gasteiger partial charge < -0.3 is 39.4 Å². The van der Waals surface area contributed by atoms with Crippen molar-refractivity contribution in [3.63, 3.8) is 0 Å². The minimum Gasteiger partial charge on any atom is -0.388 e. The molecule has 8 heteroatoms. The van der Waals surface area contributed by atoms with Gasteiger partial charge in [0.1, 0.15) is 24.4 Å². The topological polar surface area (TPSA) is 118 Å². The summed E-state index contributed by atoms with van der Waals surface area (Å²) in [5.41, 5.74) is -0.112. The number of hydrogen-bond acceptors (Lipinski definition) is 8. The summed E-state index contributed by atoms with van der Waals surface area (Å²) in [7, 11) is 0. The van der Waals surface area contributed by atoms with E-state index in [1.807, 2.05) is 0 Å². The number of hydrogen-bond donors (Lipinski definition) is 4. The Labute approximate surface area is 263 Å². The molecule has 1 unspecified atom stereocenters. The van der Waals surface area contributed by atoms with Crippen molar-refractivity contribution >= 4 is 0 Å². The lowest BCUT2D eigenvalue weighted by molar-refractivity contribution is -0.303. The fourth-order valence-electron chi connectivity index (χ4n) is 14.1. The third-order valence-electron chi connectivity index (χ3n) is 16.0. The maximum absolute atomic E-state index is 12.7. The lowest BCUT2D eigenvalue weighted by atomic mass is 9.41. The summed E-state index contributed by atoms with van der Waals surface area (Å²) in [4.78, 5) is 0. The van der Waals surface area contributed by atoms with Gasteiger partial charge in [-0.2, -0.15) is 0 Å². The van der Waals surface area contributed by atoms with Crippen LogP contribution in [0, 0.1) is 56.2 Å². The van der Waals surface area contributed by atoms with Gasteiger partial charge in [-0.3, -0.25) is 0 Å². The van der Waals surface area contributed by atoms with Gasteiger partial charge in [0.25, 0.3) is 0 Å². The van der Waals surface area contributed by atoms with Crippen LogP contribution >= 0.6 is 0 Å². The molecular weight excluding hydrogens is 560 g/mol. The maximum Gasteiger partial charge on any atom is 0.199 e. The SMILES string of the molecule is C[C@@H]1C[C@@H]2OC3(O[C@@H]2C(C)(C)C)[C@H](O)[C@@]2(C)[C@@H]4CC[C@H]5C(C)(C)[C@@H](O[C@@H]6OC[C@H](O)[C@H](O)[C@H]6O)CC[C@@]56C[C@@]46CC[C@]2(C)[C@@H]13. The van der Waals surface area contributed by atoms with Crippen LogP contribution in [-0.2, 0) is 18.9 Å². The molecule has 8 rings (SSSR count). The van der Waals surface area contributed by atoms with E-state index in [1.165, 1.54) is 12.8 Å². The van der Waals surface area contributed by atoms with Crippen molar-refractivity contribution in [2.24, 2.45) is 56.2 Å². The first-order chi connectivity index (χ1) is 20.4. The largest absolute Gasteiger partial charge is 0.388 e. The van der Waals surface area contributed by atoms with E-state index in [1.54, 1.807) is 0 Å². The minimum atomic E-state index is -1.27. The van der Waals surface area contributed by atoms with E-state index in [0.717, 1.165) is 38.5 Å². The minimum absolute atomic E-state index is 0.0129. The van der Waals surface area contributed by atoms with Crippen LogP contribution in [-0.4, -0.2) is 81.8 Å². The van der Waals surface area contributed by atoms with E-state index in [9.17, 15) is 20.4 Å².